The zero-order chi connectivity index (χ0) is 38.5. The number of carbonyl (C=O) groups is 3. The summed E-state index contributed by atoms with van der Waals surface area (Å²) in [5.74, 6) is -1.11. The summed E-state index contributed by atoms with van der Waals surface area (Å²) in [6.07, 6.45) is 8.00. The van der Waals surface area contributed by atoms with Gasteiger partial charge in [0.2, 0.25) is 5.91 Å². The van der Waals surface area contributed by atoms with E-state index < -0.39 is 22.8 Å². The van der Waals surface area contributed by atoms with Gasteiger partial charge in [0.1, 0.15) is 12.2 Å². The van der Waals surface area contributed by atoms with E-state index in [1.807, 2.05) is 60.7 Å². The summed E-state index contributed by atoms with van der Waals surface area (Å²) in [5.41, 5.74) is 3.05. The van der Waals surface area contributed by atoms with Gasteiger partial charge in [-0.15, -0.1) is 0 Å². The highest BCUT2D eigenvalue weighted by Gasteiger charge is 2.35. The Kier molecular flexibility index (Phi) is 13.5. The second-order valence-corrected chi connectivity index (χ2v) is 12.6. The Hall–Kier alpha value is -6.53. The summed E-state index contributed by atoms with van der Waals surface area (Å²) in [5, 5.41) is 14.3. The lowest BCUT2D eigenvalue weighted by atomic mass is 9.99. The number of nitro benzene ring substituents is 1. The van der Waals surface area contributed by atoms with Gasteiger partial charge in [0.15, 0.2) is 16.7 Å². The monoisotopic (exact) mass is 742 g/mol. The van der Waals surface area contributed by atoms with E-state index in [4.69, 9.17) is 9.47 Å². The molecule has 0 saturated carbocycles. The lowest BCUT2D eigenvalue weighted by Crippen LogP contribution is -2.42. The first-order chi connectivity index (χ1) is 26.2. The quantitative estimate of drug-likeness (QED) is 0.0425. The molecule has 12 heteroatoms. The number of rotatable bonds is 15. The standard InChI is InChI=1S/C42H38N4O7S/c1-4-7-20-33(5-2)45-41(49)35(25-29-22-23-36(37(26-29)52-6-3)53-27-30-15-14-21-34(24-30)46(50)51)40(48)44-42(45)54-28-38(47)43-39(31-16-10-8-11-17-31)32-18-12-9-13-19-32/h4-5,7-26,39H,1,6,27-28H2,2-3H3,(H,43,47)/b20-7-,33-5+,35-25+. The van der Waals surface area contributed by atoms with E-state index in [0.29, 0.717) is 34.9 Å². The van der Waals surface area contributed by atoms with Crippen LogP contribution in [-0.2, 0) is 21.0 Å². The molecule has 274 valence electrons. The van der Waals surface area contributed by atoms with Crippen molar-refractivity contribution in [3.05, 3.63) is 178 Å². The highest BCUT2D eigenvalue weighted by atomic mass is 32.2. The number of amidine groups is 1. The molecule has 54 heavy (non-hydrogen) atoms. The molecular formula is C42H38N4O7S. The lowest BCUT2D eigenvalue weighted by molar-refractivity contribution is -0.384. The van der Waals surface area contributed by atoms with Gasteiger partial charge >= 0.3 is 0 Å². The first kappa shape index (κ1) is 38.7. The van der Waals surface area contributed by atoms with Gasteiger partial charge in [-0.25, -0.2) is 0 Å². The Balaban J connectivity index is 1.39. The normalized spacial score (nSPS) is 14.0. The van der Waals surface area contributed by atoms with E-state index in [0.717, 1.165) is 22.9 Å². The van der Waals surface area contributed by atoms with Crippen LogP contribution in [0.5, 0.6) is 11.5 Å². The van der Waals surface area contributed by atoms with Crippen molar-refractivity contribution in [3.63, 3.8) is 0 Å². The molecule has 0 aromatic heterocycles. The minimum Gasteiger partial charge on any atom is -0.490 e. The molecule has 0 bridgehead atoms. The SMILES string of the molecule is C=C/C=C\C(=C/C)N1C(=O)/C(=C/c2ccc(OCc3cccc([N+](=O)[O-])c3)c(OCC)c2)C(=O)N=C1SCC(=O)NC(c1ccccc1)c1ccccc1. The van der Waals surface area contributed by atoms with Gasteiger partial charge < -0.3 is 14.8 Å². The predicted molar refractivity (Wildman–Crippen MR) is 211 cm³/mol. The summed E-state index contributed by atoms with van der Waals surface area (Å²) < 4.78 is 11.7. The van der Waals surface area contributed by atoms with Gasteiger partial charge in [0, 0.05) is 17.8 Å². The Morgan fingerprint density at radius 1 is 0.963 bits per heavy atom. The second-order valence-electron chi connectivity index (χ2n) is 11.7. The van der Waals surface area contributed by atoms with Crippen LogP contribution < -0.4 is 14.8 Å². The smallest absolute Gasteiger partial charge is 0.285 e. The first-order valence-corrected chi connectivity index (χ1v) is 18.0. The summed E-state index contributed by atoms with van der Waals surface area (Å²) in [6, 6.07) is 29.8. The number of non-ortho nitro benzene ring substituents is 1. The van der Waals surface area contributed by atoms with E-state index in [9.17, 15) is 24.5 Å². The molecule has 0 spiro atoms. The third kappa shape index (κ3) is 9.87. The maximum atomic E-state index is 14.2. The molecule has 1 N–H and O–H groups in total. The van der Waals surface area contributed by atoms with Crippen LogP contribution in [0.15, 0.2) is 150 Å². The number of nitrogens with one attached hydrogen (secondary N) is 1. The number of aliphatic imine (C=N–C) groups is 1. The summed E-state index contributed by atoms with van der Waals surface area (Å²) in [6.45, 7) is 7.61. The number of carbonyl (C=O) groups excluding carboxylic acids is 3. The van der Waals surface area contributed by atoms with Gasteiger partial charge in [-0.05, 0) is 60.4 Å². The Morgan fingerprint density at radius 2 is 1.67 bits per heavy atom. The van der Waals surface area contributed by atoms with Gasteiger partial charge in [-0.3, -0.25) is 29.4 Å². The third-order valence-electron chi connectivity index (χ3n) is 8.01. The predicted octanol–water partition coefficient (Wildman–Crippen LogP) is 7.97. The van der Waals surface area contributed by atoms with Crippen molar-refractivity contribution in [2.75, 3.05) is 12.4 Å². The number of nitro groups is 1. The molecule has 0 aliphatic carbocycles. The third-order valence-corrected chi connectivity index (χ3v) is 8.95. The highest BCUT2D eigenvalue weighted by molar-refractivity contribution is 8.14. The Bertz CT molecular complexity index is 2110. The van der Waals surface area contributed by atoms with Crippen molar-refractivity contribution >= 4 is 46.4 Å². The molecule has 4 aromatic rings. The van der Waals surface area contributed by atoms with Gasteiger partial charge in [0.05, 0.1) is 23.3 Å². The van der Waals surface area contributed by atoms with Crippen LogP contribution in [0.1, 0.15) is 42.1 Å². The molecule has 4 aromatic carbocycles. The number of benzene rings is 4. The molecule has 0 fully saturated rings. The molecule has 0 radical (unpaired) electrons. The largest absolute Gasteiger partial charge is 0.490 e. The van der Waals surface area contributed by atoms with Crippen molar-refractivity contribution in [2.24, 2.45) is 4.99 Å². The number of allylic oxidation sites excluding steroid dienone is 4. The summed E-state index contributed by atoms with van der Waals surface area (Å²) in [4.78, 5) is 57.4. The zero-order valence-electron chi connectivity index (χ0n) is 29.7. The fourth-order valence-electron chi connectivity index (χ4n) is 5.48. The van der Waals surface area contributed by atoms with Gasteiger partial charge in [-0.2, -0.15) is 4.99 Å². The number of nitrogens with zero attached hydrogens (tertiary/aromatic N) is 3. The summed E-state index contributed by atoms with van der Waals surface area (Å²) >= 11 is 0.977. The van der Waals surface area contributed by atoms with E-state index in [1.54, 1.807) is 68.5 Å². The number of hydrogen-bond acceptors (Lipinski definition) is 8. The van der Waals surface area contributed by atoms with E-state index in [-0.39, 0.29) is 34.7 Å². The molecule has 0 unspecified atom stereocenters. The summed E-state index contributed by atoms with van der Waals surface area (Å²) in [7, 11) is 0. The molecule has 11 nitrogen and oxygen atoms in total. The van der Waals surface area contributed by atoms with Crippen LogP contribution in [0.25, 0.3) is 6.08 Å². The maximum absolute atomic E-state index is 14.2. The molecule has 1 aliphatic heterocycles. The molecule has 3 amide bonds. The van der Waals surface area contributed by atoms with Crippen LogP contribution in [0, 0.1) is 10.1 Å². The van der Waals surface area contributed by atoms with Crippen molar-refractivity contribution in [3.8, 4) is 11.5 Å². The van der Waals surface area contributed by atoms with Crippen LogP contribution in [0.2, 0.25) is 0 Å². The molecule has 5 rings (SSSR count). The van der Waals surface area contributed by atoms with Crippen molar-refractivity contribution in [2.45, 2.75) is 26.5 Å². The van der Waals surface area contributed by atoms with Gasteiger partial charge in [-0.1, -0.05) is 115 Å². The van der Waals surface area contributed by atoms with Crippen molar-refractivity contribution in [1.82, 2.24) is 10.2 Å². The number of thioether (sulfide) groups is 1. The minimum absolute atomic E-state index is 0.0465. The Labute approximate surface area is 317 Å². The molecule has 1 heterocycles. The molecule has 1 aliphatic rings. The fraction of sp³-hybridized carbons (Fsp3) is 0.143. The fourth-order valence-corrected chi connectivity index (χ4v) is 6.29. The average Bonchev–Trinajstić information content (AvgIpc) is 3.19. The van der Waals surface area contributed by atoms with Crippen LogP contribution in [-0.4, -0.2) is 45.1 Å². The topological polar surface area (TPSA) is 140 Å². The second kappa shape index (κ2) is 18.8. The zero-order valence-corrected chi connectivity index (χ0v) is 30.5. The van der Waals surface area contributed by atoms with E-state index in [2.05, 4.69) is 16.9 Å². The first-order valence-electron chi connectivity index (χ1n) is 17.0. The lowest BCUT2D eigenvalue weighted by Gasteiger charge is -2.28. The maximum Gasteiger partial charge on any atom is 0.285 e. The van der Waals surface area contributed by atoms with E-state index >= 15 is 0 Å². The number of hydrogen-bond donors (Lipinski definition) is 1. The molecule has 0 saturated heterocycles. The van der Waals surface area contributed by atoms with Crippen LogP contribution in [0.4, 0.5) is 5.69 Å². The van der Waals surface area contributed by atoms with E-state index in [1.165, 1.54) is 23.1 Å². The molecular weight excluding hydrogens is 705 g/mol. The number of amides is 3. The highest BCUT2D eigenvalue weighted by Crippen LogP contribution is 2.32. The molecule has 0 atom stereocenters. The van der Waals surface area contributed by atoms with Gasteiger partial charge in [0.25, 0.3) is 17.5 Å². The minimum atomic E-state index is -0.766. The Morgan fingerprint density at radius 3 is 2.30 bits per heavy atom. The van der Waals surface area contributed by atoms with Crippen LogP contribution in [0.3, 0.4) is 0 Å². The van der Waals surface area contributed by atoms with Crippen LogP contribution >= 0.6 is 11.8 Å². The number of ether oxygens (including phenoxy) is 2. The van der Waals surface area contributed by atoms with Crippen molar-refractivity contribution < 1.29 is 28.8 Å². The average molecular weight is 743 g/mol. The van der Waals surface area contributed by atoms with Crippen molar-refractivity contribution in [1.29, 1.82) is 0 Å².